The van der Waals surface area contributed by atoms with E-state index in [4.69, 9.17) is 0 Å². The number of hydrogen-bond donors (Lipinski definition) is 2. The summed E-state index contributed by atoms with van der Waals surface area (Å²) in [5, 5.41) is 61.1. The average Bonchev–Trinajstić information content (AvgIpc) is 3.82. The van der Waals surface area contributed by atoms with Crippen LogP contribution < -0.4 is 40.6 Å². The van der Waals surface area contributed by atoms with Crippen LogP contribution in [0, 0.1) is 31.1 Å². The number of hydrogen-bond acceptors (Lipinski definition) is 15. The third-order valence-corrected chi connectivity index (χ3v) is 4.39. The monoisotopic (exact) mass is 925 g/mol. The average molecular weight is 926 g/mol. The topological polar surface area (TPSA) is 434 Å². The van der Waals surface area contributed by atoms with E-state index in [0.717, 1.165) is 36.4 Å². The fourth-order valence-electron chi connectivity index (χ4n) is 2.47. The minimum absolute atomic E-state index is 0. The van der Waals surface area contributed by atoms with Crippen LogP contribution in [-0.4, -0.2) is 77.2 Å². The summed E-state index contributed by atoms with van der Waals surface area (Å²) in [4.78, 5) is 82.1. The van der Waals surface area contributed by atoms with Gasteiger partial charge in [-0.2, -0.15) is 0 Å². The van der Waals surface area contributed by atoms with Crippen LogP contribution in [-0.2, 0) is 0 Å². The molecule has 50 heavy (non-hydrogen) atoms. The molecule has 0 amide bonds. The molecule has 0 saturated heterocycles. The van der Waals surface area contributed by atoms with Gasteiger partial charge < -0.3 is 75.8 Å². The zero-order chi connectivity index (χ0) is 34.5. The van der Waals surface area contributed by atoms with Gasteiger partial charge in [-0.25, -0.2) is 15.0 Å². The zero-order valence-electron chi connectivity index (χ0n) is 24.9. The molecule has 5 aromatic rings. The van der Waals surface area contributed by atoms with Gasteiger partial charge in [-0.1, -0.05) is 18.2 Å². The van der Waals surface area contributed by atoms with Crippen LogP contribution in [0.2, 0.25) is 0 Å². The Bertz CT molecular complexity index is 1430. The smallest absolute Gasteiger partial charge is 0.543 e. The van der Waals surface area contributed by atoms with Crippen LogP contribution in [0.5, 0.6) is 0 Å². The Kier molecular flexibility index (Phi) is 28.0. The van der Waals surface area contributed by atoms with E-state index >= 15 is 0 Å². The predicted octanol–water partition coefficient (Wildman–Crippen LogP) is -9.39. The van der Waals surface area contributed by atoms with Crippen molar-refractivity contribution in [2.75, 3.05) is 0 Å². The first kappa shape index (κ1) is 50.5. The molecule has 10 N–H and O–H groups in total. The first-order chi connectivity index (χ1) is 21.8. The van der Waals surface area contributed by atoms with E-state index in [0.29, 0.717) is 0 Å². The maximum absolute atomic E-state index is 10.2. The summed E-state index contributed by atoms with van der Waals surface area (Å²) in [6.07, 6.45) is 10.8. The maximum Gasteiger partial charge on any atom is 4.00 e. The number of nitrogens with zero attached hydrogens (tertiary/aromatic N) is 3. The van der Waals surface area contributed by atoms with E-state index in [1.807, 2.05) is 24.8 Å². The number of carboxylic acids is 6. The molecule has 0 radical (unpaired) electrons. The van der Waals surface area contributed by atoms with Crippen LogP contribution in [0.25, 0.3) is 0 Å². The van der Waals surface area contributed by atoms with Crippen molar-refractivity contribution in [3.63, 3.8) is 0 Å². The minimum atomic E-state index is -1.52. The summed E-state index contributed by atoms with van der Waals surface area (Å²) in [5.41, 5.74) is -2.52. The fourth-order valence-corrected chi connectivity index (χ4v) is 2.47. The van der Waals surface area contributed by atoms with Gasteiger partial charge in [0.15, 0.2) is 0 Å². The van der Waals surface area contributed by atoms with E-state index < -0.39 is 70.0 Å². The van der Waals surface area contributed by atoms with Crippen molar-refractivity contribution in [2.24, 2.45) is 0 Å². The van der Waals surface area contributed by atoms with Gasteiger partial charge >= 0.3 is 31.1 Å². The molecular weight excluding hydrogens is 900 g/mol. The number of carboxylic acid groups (broad SMARTS) is 6. The fraction of sp³-hybridized carbons (Fsp3) is 0. The number of carbonyl (C=O) groups is 6. The Morgan fingerprint density at radius 3 is 0.740 bits per heavy atom. The second-order valence-corrected chi connectivity index (χ2v) is 7.57. The number of imidazole rings is 2. The largest absolute Gasteiger partial charge is 4.00 e. The molecule has 0 fully saturated rings. The first-order valence-electron chi connectivity index (χ1n) is 12.0. The van der Waals surface area contributed by atoms with E-state index in [2.05, 4.69) is 34.9 Å². The van der Waals surface area contributed by atoms with Crippen LogP contribution in [0.1, 0.15) is 62.9 Å². The first-order valence-corrected chi connectivity index (χ1v) is 12.0. The second kappa shape index (κ2) is 27.7. The molecule has 5 aromatic heterocycles. The summed E-state index contributed by atoms with van der Waals surface area (Å²) >= 11 is 0. The molecule has 262 valence electrons. The normalized spacial score (nSPS) is 8.32. The summed E-state index contributed by atoms with van der Waals surface area (Å²) in [5.74, 6) is -9.09. The standard InChI is InChI=1S/3C7H5NO4.2C3H4N2.3H2O.U/c3*9-6(10)4-2-1-3-5(8-4)7(11)12;2*1-2-5-3-4-1;;;;/h3*1-3H,(H,9,10)(H,11,12);2*1-3H,(H,4,5);3*1H2;/q;;;;;;;;+4/p-4. The molecule has 0 aromatic carbocycles. The maximum atomic E-state index is 10.2. The third kappa shape index (κ3) is 20.7. The van der Waals surface area contributed by atoms with Gasteiger partial charge in [0, 0.05) is 0 Å². The summed E-state index contributed by atoms with van der Waals surface area (Å²) in [6.45, 7) is 0. The number of aromatic nitrogens is 7. The van der Waals surface area contributed by atoms with Crippen molar-refractivity contribution in [1.82, 2.24) is 24.9 Å². The molecule has 22 nitrogen and oxygen atoms in total. The molecule has 0 bridgehead atoms. The SMILES string of the molecule is O.O.O.O=C([O-])c1cccc(C(=O)[O-])n1.O=C([O-])c1cccc(C(=O)[O-])n1.O=C([O-])c1cccc(C(=O)[O-])n1.[U+4].c1c[nH+]c[nH]1.c1c[nH+]c[nH]1. The molecule has 0 unspecified atom stereocenters. The van der Waals surface area contributed by atoms with Crippen molar-refractivity contribution < 1.29 is 117 Å². The number of carbonyl (C=O) groups excluding carboxylic acids is 6. The van der Waals surface area contributed by atoms with Crippen LogP contribution in [0.4, 0.5) is 0 Å². The molecule has 5 heterocycles. The van der Waals surface area contributed by atoms with Crippen molar-refractivity contribution >= 4 is 35.8 Å². The van der Waals surface area contributed by atoms with Gasteiger partial charge in [0.05, 0.1) is 70.0 Å². The number of aromatic carboxylic acids is 6. The van der Waals surface area contributed by atoms with Crippen molar-refractivity contribution in [2.45, 2.75) is 0 Å². The molecular formula is C27H25N7O15U. The van der Waals surface area contributed by atoms with E-state index in [9.17, 15) is 59.4 Å². The second-order valence-electron chi connectivity index (χ2n) is 7.57. The predicted molar refractivity (Wildman–Crippen MR) is 144 cm³/mol. The Balaban J connectivity index is -0.000000269. The summed E-state index contributed by atoms with van der Waals surface area (Å²) in [6, 6.07) is 10.6. The van der Waals surface area contributed by atoms with E-state index in [1.54, 1.807) is 12.7 Å². The summed E-state index contributed by atoms with van der Waals surface area (Å²) < 4.78 is 0. The number of nitrogens with one attached hydrogen (secondary N) is 4. The van der Waals surface area contributed by atoms with Crippen molar-refractivity contribution in [3.05, 3.63) is 126 Å². The van der Waals surface area contributed by atoms with Gasteiger partial charge in [0.2, 0.25) is 12.7 Å². The van der Waals surface area contributed by atoms with E-state index in [1.165, 1.54) is 18.2 Å². The zero-order valence-corrected chi connectivity index (χ0v) is 29.1. The van der Waals surface area contributed by atoms with Gasteiger partial charge in [-0.15, -0.1) is 0 Å². The molecule has 0 spiro atoms. The number of aromatic amines is 4. The van der Waals surface area contributed by atoms with Gasteiger partial charge in [-0.3, -0.25) is 19.9 Å². The quantitative estimate of drug-likeness (QED) is 0.160. The number of H-pyrrole nitrogens is 4. The Morgan fingerprint density at radius 2 is 0.640 bits per heavy atom. The van der Waals surface area contributed by atoms with Gasteiger partial charge in [0.1, 0.15) is 24.8 Å². The van der Waals surface area contributed by atoms with Crippen molar-refractivity contribution in [3.8, 4) is 0 Å². The Hall–Kier alpha value is -6.38. The molecule has 0 aliphatic rings. The van der Waals surface area contributed by atoms with Gasteiger partial charge in [-0.05, 0) is 36.4 Å². The molecule has 0 aliphatic heterocycles. The van der Waals surface area contributed by atoms with Crippen LogP contribution in [0.15, 0.2) is 92.0 Å². The Morgan fingerprint density at radius 1 is 0.440 bits per heavy atom. The van der Waals surface area contributed by atoms with Crippen LogP contribution >= 0.6 is 0 Å². The number of pyridine rings is 3. The molecule has 0 aliphatic carbocycles. The van der Waals surface area contributed by atoms with E-state index in [-0.39, 0.29) is 47.5 Å². The molecule has 0 saturated carbocycles. The van der Waals surface area contributed by atoms with Crippen molar-refractivity contribution in [1.29, 1.82) is 0 Å². The molecule has 0 atom stereocenters. The minimum Gasteiger partial charge on any atom is -0.543 e. The third-order valence-electron chi connectivity index (χ3n) is 4.39. The molecule has 23 heteroatoms. The van der Waals surface area contributed by atoms with Crippen LogP contribution in [0.3, 0.4) is 0 Å². The van der Waals surface area contributed by atoms with Gasteiger partial charge in [0.25, 0.3) is 0 Å². The Labute approximate surface area is 302 Å². The number of rotatable bonds is 6. The molecule has 5 rings (SSSR count). The summed E-state index contributed by atoms with van der Waals surface area (Å²) in [7, 11) is 0.